The summed E-state index contributed by atoms with van der Waals surface area (Å²) in [4.78, 5) is 2.14. The number of thioether (sulfide) groups is 2. The summed E-state index contributed by atoms with van der Waals surface area (Å²) in [6.07, 6.45) is 3.44. The van der Waals surface area contributed by atoms with Crippen LogP contribution in [0.15, 0.2) is 21.9 Å². The second-order valence-corrected chi connectivity index (χ2v) is 9.49. The molecule has 2 unspecified atom stereocenters. The highest BCUT2D eigenvalue weighted by atomic mass is 32.2. The van der Waals surface area contributed by atoms with E-state index >= 15 is 0 Å². The molecule has 0 aliphatic carbocycles. The Morgan fingerprint density at radius 1 is 1.07 bits per heavy atom. The van der Waals surface area contributed by atoms with Gasteiger partial charge in [0.25, 0.3) is 0 Å². The molecule has 162 valence electrons. The molecule has 2 atom stereocenters. The van der Waals surface area contributed by atoms with Gasteiger partial charge in [-0.05, 0) is 50.6 Å². The molecule has 2 aliphatic heterocycles. The Morgan fingerprint density at radius 3 is 2.47 bits per heavy atom. The number of ether oxygens (including phenoxy) is 4. The molecule has 0 spiro atoms. The van der Waals surface area contributed by atoms with E-state index in [0.29, 0.717) is 12.4 Å². The molecule has 0 amide bonds. The summed E-state index contributed by atoms with van der Waals surface area (Å²) in [5, 5.41) is 0. The van der Waals surface area contributed by atoms with Gasteiger partial charge in [0.2, 0.25) is 6.79 Å². The van der Waals surface area contributed by atoms with Gasteiger partial charge in [0.05, 0.1) is 16.9 Å². The average molecular weight is 449 g/mol. The van der Waals surface area contributed by atoms with Crippen LogP contribution in [-0.4, -0.2) is 38.2 Å². The molecule has 0 saturated heterocycles. The number of hydrogen-bond donors (Lipinski definition) is 2. The molecule has 2 aromatic rings. The molecule has 2 aliphatic rings. The Kier molecular flexibility index (Phi) is 6.29. The van der Waals surface area contributed by atoms with Crippen molar-refractivity contribution in [2.45, 2.75) is 48.6 Å². The van der Waals surface area contributed by atoms with Gasteiger partial charge in [0.15, 0.2) is 11.5 Å². The Bertz CT molecular complexity index is 963. The molecule has 6 nitrogen and oxygen atoms in total. The zero-order chi connectivity index (χ0) is 21.4. The smallest absolute Gasteiger partial charge is 0.231 e. The fraction of sp³-hybridized carbons (Fsp3) is 0.455. The normalized spacial score (nSPS) is 16.2. The van der Waals surface area contributed by atoms with Crippen LogP contribution in [0.1, 0.15) is 25.0 Å². The molecule has 0 radical (unpaired) electrons. The maximum absolute atomic E-state index is 6.22. The van der Waals surface area contributed by atoms with Gasteiger partial charge in [0, 0.05) is 28.8 Å². The van der Waals surface area contributed by atoms with Crippen molar-refractivity contribution in [2.75, 3.05) is 26.1 Å². The summed E-state index contributed by atoms with van der Waals surface area (Å²) in [6, 6.07) is 4.21. The van der Waals surface area contributed by atoms with E-state index in [1.807, 2.05) is 26.2 Å². The van der Waals surface area contributed by atoms with Crippen LogP contribution < -0.4 is 30.4 Å². The molecule has 4 rings (SSSR count). The Balaban J connectivity index is 2.03. The van der Waals surface area contributed by atoms with Crippen LogP contribution in [0.5, 0.6) is 23.0 Å². The van der Waals surface area contributed by atoms with Crippen molar-refractivity contribution in [1.29, 1.82) is 0 Å². The molecule has 30 heavy (non-hydrogen) atoms. The van der Waals surface area contributed by atoms with E-state index in [1.54, 1.807) is 30.6 Å². The van der Waals surface area contributed by atoms with Crippen LogP contribution in [0.2, 0.25) is 0 Å². The fourth-order valence-electron chi connectivity index (χ4n) is 4.06. The van der Waals surface area contributed by atoms with Crippen LogP contribution >= 0.6 is 23.5 Å². The van der Waals surface area contributed by atoms with Crippen molar-refractivity contribution in [2.24, 2.45) is 11.5 Å². The van der Waals surface area contributed by atoms with Gasteiger partial charge < -0.3 is 30.4 Å². The van der Waals surface area contributed by atoms with Gasteiger partial charge in [-0.15, -0.1) is 11.8 Å². The predicted molar refractivity (Wildman–Crippen MR) is 122 cm³/mol. The lowest BCUT2D eigenvalue weighted by Gasteiger charge is -2.21. The summed E-state index contributed by atoms with van der Waals surface area (Å²) < 4.78 is 23.7. The number of hydrogen-bond acceptors (Lipinski definition) is 8. The van der Waals surface area contributed by atoms with Crippen molar-refractivity contribution in [3.8, 4) is 34.1 Å². The fourth-order valence-corrected chi connectivity index (χ4v) is 5.58. The molecule has 2 heterocycles. The summed E-state index contributed by atoms with van der Waals surface area (Å²) in [7, 11) is 1.69. The number of benzene rings is 2. The monoisotopic (exact) mass is 448 g/mol. The van der Waals surface area contributed by atoms with Crippen LogP contribution in [0.4, 0.5) is 0 Å². The van der Waals surface area contributed by atoms with E-state index in [1.165, 1.54) is 0 Å². The lowest BCUT2D eigenvalue weighted by molar-refractivity contribution is 0.172. The lowest BCUT2D eigenvalue weighted by Crippen LogP contribution is -2.19. The van der Waals surface area contributed by atoms with Gasteiger partial charge in [-0.1, -0.05) is 11.8 Å². The zero-order valence-electron chi connectivity index (χ0n) is 17.7. The standard InChI is InChI=1S/C22H28N2O4S2/c1-11(23)5-13-7-15(19-21(22(13)29-4)27-9-26-19)18-14(6-12(2)24)16(25-3)8-17-20(18)28-10-30-17/h7-8,11-12H,5-6,9-10,23-24H2,1-4H3. The quantitative estimate of drug-likeness (QED) is 0.614. The molecule has 0 aromatic heterocycles. The van der Waals surface area contributed by atoms with E-state index in [9.17, 15) is 0 Å². The molecule has 0 fully saturated rings. The van der Waals surface area contributed by atoms with Crippen molar-refractivity contribution >= 4 is 23.5 Å². The summed E-state index contributed by atoms with van der Waals surface area (Å²) in [5.41, 5.74) is 16.5. The van der Waals surface area contributed by atoms with E-state index in [2.05, 4.69) is 6.07 Å². The first-order chi connectivity index (χ1) is 14.4. The molecule has 0 saturated carbocycles. The third kappa shape index (κ3) is 3.82. The van der Waals surface area contributed by atoms with Crippen LogP contribution in [0, 0.1) is 0 Å². The number of nitrogens with two attached hydrogens (primary N) is 2. The highest BCUT2D eigenvalue weighted by Gasteiger charge is 2.32. The van der Waals surface area contributed by atoms with E-state index in [4.69, 9.17) is 30.4 Å². The molecule has 8 heteroatoms. The first kappa shape index (κ1) is 21.5. The van der Waals surface area contributed by atoms with Crippen molar-refractivity contribution in [3.63, 3.8) is 0 Å². The first-order valence-corrected chi connectivity index (χ1v) is 12.2. The van der Waals surface area contributed by atoms with Crippen molar-refractivity contribution in [3.05, 3.63) is 23.3 Å². The van der Waals surface area contributed by atoms with Crippen molar-refractivity contribution in [1.82, 2.24) is 0 Å². The summed E-state index contributed by atoms with van der Waals surface area (Å²) >= 11 is 3.31. The minimum atomic E-state index is -0.0380. The maximum Gasteiger partial charge on any atom is 0.231 e. The summed E-state index contributed by atoms with van der Waals surface area (Å²) in [5.74, 6) is 3.77. The first-order valence-electron chi connectivity index (χ1n) is 9.95. The van der Waals surface area contributed by atoms with Gasteiger partial charge >= 0.3 is 0 Å². The highest BCUT2D eigenvalue weighted by Crippen LogP contribution is 2.55. The minimum absolute atomic E-state index is 0.0236. The highest BCUT2D eigenvalue weighted by molar-refractivity contribution is 7.99. The Morgan fingerprint density at radius 2 is 1.80 bits per heavy atom. The second kappa shape index (κ2) is 8.78. The molecular weight excluding hydrogens is 420 g/mol. The molecular formula is C22H28N2O4S2. The van der Waals surface area contributed by atoms with Crippen LogP contribution in [0.25, 0.3) is 11.1 Å². The van der Waals surface area contributed by atoms with Gasteiger partial charge in [-0.3, -0.25) is 0 Å². The molecule has 4 N–H and O–H groups in total. The molecule has 0 bridgehead atoms. The number of rotatable bonds is 7. The lowest BCUT2D eigenvalue weighted by atomic mass is 9.91. The third-order valence-corrected chi connectivity index (χ3v) is 6.87. The predicted octanol–water partition coefficient (Wildman–Crippen LogP) is 4.03. The van der Waals surface area contributed by atoms with Crippen molar-refractivity contribution < 1.29 is 18.9 Å². The zero-order valence-corrected chi connectivity index (χ0v) is 19.4. The van der Waals surface area contributed by atoms with E-state index < -0.39 is 0 Å². The third-order valence-electron chi connectivity index (χ3n) is 5.17. The Hall–Kier alpha value is -1.74. The van der Waals surface area contributed by atoms with Gasteiger partial charge in [0.1, 0.15) is 17.4 Å². The van der Waals surface area contributed by atoms with Crippen LogP contribution in [-0.2, 0) is 12.8 Å². The number of fused-ring (bicyclic) bond motifs is 2. The number of methoxy groups -OCH3 is 1. The van der Waals surface area contributed by atoms with Gasteiger partial charge in [-0.25, -0.2) is 0 Å². The maximum atomic E-state index is 6.22. The minimum Gasteiger partial charge on any atom is -0.496 e. The van der Waals surface area contributed by atoms with Gasteiger partial charge in [-0.2, -0.15) is 0 Å². The van der Waals surface area contributed by atoms with E-state index in [-0.39, 0.29) is 18.9 Å². The molecule has 2 aromatic carbocycles. The second-order valence-electron chi connectivity index (χ2n) is 7.71. The average Bonchev–Trinajstić information content (AvgIpc) is 3.35. The van der Waals surface area contributed by atoms with E-state index in [0.717, 1.165) is 61.5 Å². The van der Waals surface area contributed by atoms with Crippen LogP contribution in [0.3, 0.4) is 0 Å². The SMILES string of the molecule is COc1cc2c(c(-c3cc(CC(C)N)c(SC)c4c3OCO4)c1CC(C)N)OCS2. The topological polar surface area (TPSA) is 89.0 Å². The summed E-state index contributed by atoms with van der Waals surface area (Å²) in [6.45, 7) is 4.20. The largest absolute Gasteiger partial charge is 0.496 e. The Labute approximate surface area is 186 Å².